The van der Waals surface area contributed by atoms with E-state index in [1.807, 2.05) is 0 Å². The maximum Gasteiger partial charge on any atom is 0.306 e. The molecule has 1 saturated carbocycles. The second-order valence-corrected chi connectivity index (χ2v) is 10.2. The molecule has 2 heteroatoms. The van der Waals surface area contributed by atoms with Crippen molar-refractivity contribution >= 4 is 5.97 Å². The lowest BCUT2D eigenvalue weighted by Crippen LogP contribution is -2.35. The van der Waals surface area contributed by atoms with Gasteiger partial charge in [-0.25, -0.2) is 0 Å². The third kappa shape index (κ3) is 13.4. The number of hydrogen-bond donors (Lipinski definition) is 0. The first kappa shape index (κ1) is 26.5. The molecule has 29 heavy (non-hydrogen) atoms. The van der Waals surface area contributed by atoms with Crippen LogP contribution < -0.4 is 0 Å². The Bertz CT molecular complexity index is 390. The molecular weight excluding hydrogens is 356 g/mol. The molecule has 0 aliphatic heterocycles. The maximum atomic E-state index is 12.3. The number of carbonyl (C=O) groups is 1. The second kappa shape index (κ2) is 17.2. The minimum absolute atomic E-state index is 0.0497. The first-order valence-corrected chi connectivity index (χ1v) is 13.2. The molecule has 0 aromatic rings. The second-order valence-electron chi connectivity index (χ2n) is 10.2. The van der Waals surface area contributed by atoms with Gasteiger partial charge < -0.3 is 4.74 Å². The molecule has 0 heterocycles. The highest BCUT2D eigenvalue weighted by atomic mass is 16.5. The van der Waals surface area contributed by atoms with E-state index in [-0.39, 0.29) is 12.1 Å². The summed E-state index contributed by atoms with van der Waals surface area (Å²) < 4.78 is 5.91. The van der Waals surface area contributed by atoms with Crippen LogP contribution in [-0.4, -0.2) is 12.1 Å². The Morgan fingerprint density at radius 3 is 1.76 bits per heavy atom. The van der Waals surface area contributed by atoms with Gasteiger partial charge in [-0.2, -0.15) is 0 Å². The fourth-order valence-corrected chi connectivity index (χ4v) is 4.94. The molecule has 1 rings (SSSR count). The van der Waals surface area contributed by atoms with Crippen LogP contribution in [0.4, 0.5) is 0 Å². The van der Waals surface area contributed by atoms with E-state index in [1.165, 1.54) is 96.3 Å². The highest BCUT2D eigenvalue weighted by Crippen LogP contribution is 2.35. The molecule has 0 amide bonds. The zero-order valence-electron chi connectivity index (χ0n) is 20.4. The molecule has 1 aliphatic carbocycles. The summed E-state index contributed by atoms with van der Waals surface area (Å²) in [7, 11) is 0. The van der Waals surface area contributed by atoms with Crippen molar-refractivity contribution in [2.45, 2.75) is 149 Å². The molecule has 0 N–H and O–H groups in total. The zero-order valence-corrected chi connectivity index (χ0v) is 20.4. The smallest absolute Gasteiger partial charge is 0.306 e. The van der Waals surface area contributed by atoms with Gasteiger partial charge in [0.05, 0.1) is 0 Å². The van der Waals surface area contributed by atoms with Crippen LogP contribution in [0.25, 0.3) is 0 Å². The van der Waals surface area contributed by atoms with Crippen molar-refractivity contribution in [1.29, 1.82) is 0 Å². The van der Waals surface area contributed by atoms with Gasteiger partial charge in [0.1, 0.15) is 6.10 Å². The number of rotatable bonds is 17. The lowest BCUT2D eigenvalue weighted by molar-refractivity contribution is -0.156. The van der Waals surface area contributed by atoms with E-state index in [1.54, 1.807) is 0 Å². The maximum absolute atomic E-state index is 12.3. The van der Waals surface area contributed by atoms with Crippen LogP contribution in [0.15, 0.2) is 0 Å². The van der Waals surface area contributed by atoms with Gasteiger partial charge >= 0.3 is 5.97 Å². The van der Waals surface area contributed by atoms with Gasteiger partial charge in [0.15, 0.2) is 0 Å². The quantitative estimate of drug-likeness (QED) is 0.177. The SMILES string of the molecule is CCCCCCCCCCCCCCCCC(=O)O[C@@H]1C[C@H](C)CC[C@H]1C(C)C. The Kier molecular flexibility index (Phi) is 15.7. The molecule has 172 valence electrons. The molecule has 0 aromatic carbocycles. The lowest BCUT2D eigenvalue weighted by Gasteiger charge is -2.36. The van der Waals surface area contributed by atoms with Crippen molar-refractivity contribution in [3.8, 4) is 0 Å². The summed E-state index contributed by atoms with van der Waals surface area (Å²) in [6, 6.07) is 0. The highest BCUT2D eigenvalue weighted by Gasteiger charge is 2.33. The Labute approximate surface area is 182 Å². The fraction of sp³-hybridized carbons (Fsp3) is 0.963. The average molecular weight is 409 g/mol. The minimum atomic E-state index is 0.0497. The summed E-state index contributed by atoms with van der Waals surface area (Å²) in [5.74, 6) is 1.92. The first-order valence-electron chi connectivity index (χ1n) is 13.2. The van der Waals surface area contributed by atoms with Crippen molar-refractivity contribution < 1.29 is 9.53 Å². The molecule has 0 unspecified atom stereocenters. The number of esters is 1. The van der Waals surface area contributed by atoms with Crippen LogP contribution in [0.5, 0.6) is 0 Å². The summed E-state index contributed by atoms with van der Waals surface area (Å²) in [5, 5.41) is 0. The predicted molar refractivity (Wildman–Crippen MR) is 126 cm³/mol. The third-order valence-electron chi connectivity index (χ3n) is 6.98. The molecule has 0 bridgehead atoms. The summed E-state index contributed by atoms with van der Waals surface area (Å²) in [5.41, 5.74) is 0. The van der Waals surface area contributed by atoms with Crippen LogP contribution in [-0.2, 0) is 9.53 Å². The van der Waals surface area contributed by atoms with E-state index in [2.05, 4.69) is 27.7 Å². The summed E-state index contributed by atoms with van der Waals surface area (Å²) >= 11 is 0. The molecule has 0 aromatic heterocycles. The number of hydrogen-bond acceptors (Lipinski definition) is 2. The van der Waals surface area contributed by atoms with Crippen molar-refractivity contribution in [2.24, 2.45) is 17.8 Å². The van der Waals surface area contributed by atoms with E-state index >= 15 is 0 Å². The molecule has 2 nitrogen and oxygen atoms in total. The van der Waals surface area contributed by atoms with Crippen LogP contribution in [0.1, 0.15) is 143 Å². The van der Waals surface area contributed by atoms with E-state index < -0.39 is 0 Å². The van der Waals surface area contributed by atoms with Crippen molar-refractivity contribution in [2.75, 3.05) is 0 Å². The van der Waals surface area contributed by atoms with Gasteiger partial charge in [-0.3, -0.25) is 4.79 Å². The van der Waals surface area contributed by atoms with Crippen molar-refractivity contribution in [3.63, 3.8) is 0 Å². The van der Waals surface area contributed by atoms with Gasteiger partial charge in [0.2, 0.25) is 0 Å². The van der Waals surface area contributed by atoms with Gasteiger partial charge in [-0.05, 0) is 37.0 Å². The monoisotopic (exact) mass is 408 g/mol. The number of unbranched alkanes of at least 4 members (excludes halogenated alkanes) is 13. The van der Waals surface area contributed by atoms with E-state index in [0.29, 0.717) is 24.2 Å². The molecule has 0 spiro atoms. The van der Waals surface area contributed by atoms with E-state index in [4.69, 9.17) is 4.74 Å². The number of ether oxygens (including phenoxy) is 1. The standard InChI is InChI=1S/C27H52O2/c1-5-6-7-8-9-10-11-12-13-14-15-16-17-18-19-27(28)29-26-22-24(4)20-21-25(26)23(2)3/h23-26H,5-22H2,1-4H3/t24-,25+,26-/m1/s1. The Morgan fingerprint density at radius 2 is 1.28 bits per heavy atom. The molecule has 1 aliphatic rings. The Hall–Kier alpha value is -0.530. The summed E-state index contributed by atoms with van der Waals surface area (Å²) in [6.45, 7) is 9.13. The van der Waals surface area contributed by atoms with Gasteiger partial charge in [0.25, 0.3) is 0 Å². The van der Waals surface area contributed by atoms with Crippen molar-refractivity contribution in [1.82, 2.24) is 0 Å². The van der Waals surface area contributed by atoms with Gasteiger partial charge in [-0.1, -0.05) is 118 Å². The Balaban J connectivity index is 1.93. The third-order valence-corrected chi connectivity index (χ3v) is 6.98. The topological polar surface area (TPSA) is 26.3 Å². The van der Waals surface area contributed by atoms with Crippen LogP contribution >= 0.6 is 0 Å². The molecule has 3 atom stereocenters. The highest BCUT2D eigenvalue weighted by molar-refractivity contribution is 5.69. The molecule has 0 saturated heterocycles. The Morgan fingerprint density at radius 1 is 0.793 bits per heavy atom. The minimum Gasteiger partial charge on any atom is -0.462 e. The summed E-state index contributed by atoms with van der Waals surface area (Å²) in [4.78, 5) is 12.3. The number of carbonyl (C=O) groups excluding carboxylic acids is 1. The van der Waals surface area contributed by atoms with Gasteiger partial charge in [-0.15, -0.1) is 0 Å². The van der Waals surface area contributed by atoms with Crippen molar-refractivity contribution in [3.05, 3.63) is 0 Å². The lowest BCUT2D eigenvalue weighted by atomic mass is 9.75. The van der Waals surface area contributed by atoms with Gasteiger partial charge in [0, 0.05) is 6.42 Å². The molecule has 1 fully saturated rings. The normalized spacial score (nSPS) is 22.2. The fourth-order valence-electron chi connectivity index (χ4n) is 4.94. The van der Waals surface area contributed by atoms with Crippen LogP contribution in [0.2, 0.25) is 0 Å². The molecular formula is C27H52O2. The van der Waals surface area contributed by atoms with Crippen LogP contribution in [0, 0.1) is 17.8 Å². The average Bonchev–Trinajstić information content (AvgIpc) is 2.68. The first-order chi connectivity index (χ1) is 14.0. The summed E-state index contributed by atoms with van der Waals surface area (Å²) in [6.07, 6.45) is 23.3. The van der Waals surface area contributed by atoms with E-state index in [0.717, 1.165) is 12.8 Å². The predicted octanol–water partition coefficient (Wildman–Crippen LogP) is 8.86. The molecule has 0 radical (unpaired) electrons. The zero-order chi connectivity index (χ0) is 21.3. The van der Waals surface area contributed by atoms with Crippen LogP contribution in [0.3, 0.4) is 0 Å². The van der Waals surface area contributed by atoms with E-state index in [9.17, 15) is 4.79 Å². The largest absolute Gasteiger partial charge is 0.462 e.